The summed E-state index contributed by atoms with van der Waals surface area (Å²) in [6.07, 6.45) is 8.23. The molecule has 0 aromatic carbocycles. The summed E-state index contributed by atoms with van der Waals surface area (Å²) in [4.78, 5) is 16.3. The van der Waals surface area contributed by atoms with Crippen molar-refractivity contribution in [2.24, 2.45) is 11.1 Å². The highest BCUT2D eigenvalue weighted by atomic mass is 19.3. The van der Waals surface area contributed by atoms with Gasteiger partial charge in [0.1, 0.15) is 5.67 Å². The number of alkyl halides is 3. The molecule has 4 fully saturated rings. The van der Waals surface area contributed by atoms with Crippen LogP contribution in [-0.2, 0) is 17.9 Å². The molecular formula is C21H28F3N5O. The van der Waals surface area contributed by atoms with Crippen molar-refractivity contribution < 1.29 is 18.0 Å². The van der Waals surface area contributed by atoms with E-state index in [9.17, 15) is 18.0 Å². The number of fused-ring (bicyclic) bond motifs is 1. The largest absolute Gasteiger partial charge is 0.352 e. The number of hydrogen-bond donors (Lipinski definition) is 2. The minimum atomic E-state index is -2.32. The van der Waals surface area contributed by atoms with E-state index in [0.29, 0.717) is 57.3 Å². The topological polar surface area (TPSA) is 85.3 Å². The van der Waals surface area contributed by atoms with Crippen molar-refractivity contribution in [3.63, 3.8) is 0 Å². The van der Waals surface area contributed by atoms with Crippen LogP contribution >= 0.6 is 0 Å². The minimum absolute atomic E-state index is 0.0207. The van der Waals surface area contributed by atoms with Gasteiger partial charge in [-0.25, -0.2) is 22.7 Å². The first-order chi connectivity index (χ1) is 14.2. The first kappa shape index (κ1) is 21.1. The Morgan fingerprint density at radius 1 is 1.17 bits per heavy atom. The van der Waals surface area contributed by atoms with Gasteiger partial charge < -0.3 is 11.1 Å². The second kappa shape index (κ2) is 7.83. The molecular weight excluding hydrogens is 395 g/mol. The number of amides is 1. The highest BCUT2D eigenvalue weighted by Gasteiger charge is 2.69. The normalized spacial score (nSPS) is 28.7. The SMILES string of the molecule is FC1(F)CCCCC1.NCc1cn2ncc(CNC(=O)CC34CC(F)(C3)C4)cc2n1. The fourth-order valence-electron chi connectivity index (χ4n) is 4.88. The third-order valence-electron chi connectivity index (χ3n) is 6.32. The maximum absolute atomic E-state index is 13.4. The quantitative estimate of drug-likeness (QED) is 0.768. The smallest absolute Gasteiger partial charge is 0.248 e. The van der Waals surface area contributed by atoms with Crippen LogP contribution in [0, 0.1) is 5.41 Å². The van der Waals surface area contributed by atoms with Crippen molar-refractivity contribution in [3.05, 3.63) is 29.7 Å². The van der Waals surface area contributed by atoms with Gasteiger partial charge in [-0.2, -0.15) is 5.10 Å². The molecule has 2 aromatic rings. The molecule has 0 radical (unpaired) electrons. The minimum Gasteiger partial charge on any atom is -0.352 e. The van der Waals surface area contributed by atoms with Crippen molar-refractivity contribution in [1.29, 1.82) is 0 Å². The molecule has 6 nitrogen and oxygen atoms in total. The Hall–Kier alpha value is -2.16. The van der Waals surface area contributed by atoms with E-state index in [-0.39, 0.29) is 24.2 Å². The monoisotopic (exact) mass is 423 g/mol. The third-order valence-corrected chi connectivity index (χ3v) is 6.32. The van der Waals surface area contributed by atoms with Crippen molar-refractivity contribution >= 4 is 11.6 Å². The lowest BCUT2D eigenvalue weighted by atomic mass is 9.41. The molecule has 2 aromatic heterocycles. The van der Waals surface area contributed by atoms with Crippen LogP contribution in [-0.4, -0.2) is 32.1 Å². The predicted octanol–water partition coefficient (Wildman–Crippen LogP) is 3.67. The third kappa shape index (κ3) is 4.61. The van der Waals surface area contributed by atoms with Gasteiger partial charge in [-0.15, -0.1) is 0 Å². The standard InChI is InChI=1S/C15H18FN5O.C6H10F2/c16-15-7-14(8-15,9-15)2-13(22)18-4-10-1-12-20-11(3-17)6-21(12)19-5-10;7-6(8)4-2-1-3-5-6/h1,5-6H,2-4,7-9,17H2,(H,18,22);1-5H2. The van der Waals surface area contributed by atoms with Gasteiger partial charge in [-0.3, -0.25) is 4.79 Å². The molecule has 4 aliphatic rings. The summed E-state index contributed by atoms with van der Waals surface area (Å²) in [5, 5.41) is 7.13. The number of nitrogens with zero attached hydrogens (tertiary/aromatic N) is 3. The molecule has 0 aliphatic heterocycles. The predicted molar refractivity (Wildman–Crippen MR) is 105 cm³/mol. The number of nitrogens with one attached hydrogen (secondary N) is 1. The molecule has 0 spiro atoms. The molecule has 4 aliphatic carbocycles. The van der Waals surface area contributed by atoms with Crippen LogP contribution in [0.25, 0.3) is 5.65 Å². The van der Waals surface area contributed by atoms with Crippen LogP contribution in [0.5, 0.6) is 0 Å². The van der Waals surface area contributed by atoms with E-state index in [1.807, 2.05) is 6.07 Å². The number of imidazole rings is 1. The lowest BCUT2D eigenvalue weighted by Gasteiger charge is -2.65. The molecule has 1 amide bonds. The Labute approximate surface area is 173 Å². The van der Waals surface area contributed by atoms with Gasteiger partial charge >= 0.3 is 0 Å². The van der Waals surface area contributed by atoms with E-state index in [0.717, 1.165) is 17.7 Å². The Morgan fingerprint density at radius 2 is 1.87 bits per heavy atom. The first-order valence-electron chi connectivity index (χ1n) is 10.6. The summed E-state index contributed by atoms with van der Waals surface area (Å²) < 4.78 is 39.5. The fraction of sp³-hybridized carbons (Fsp3) is 0.667. The average molecular weight is 423 g/mol. The lowest BCUT2D eigenvalue weighted by molar-refractivity contribution is -0.215. The fourth-order valence-corrected chi connectivity index (χ4v) is 4.88. The number of nitrogens with two attached hydrogens (primary N) is 1. The van der Waals surface area contributed by atoms with Gasteiger partial charge in [-0.05, 0) is 49.1 Å². The molecule has 0 saturated heterocycles. The van der Waals surface area contributed by atoms with Crippen LogP contribution < -0.4 is 11.1 Å². The number of aromatic nitrogens is 3. The van der Waals surface area contributed by atoms with Crippen molar-refractivity contribution in [1.82, 2.24) is 19.9 Å². The number of hydrogen-bond acceptors (Lipinski definition) is 4. The van der Waals surface area contributed by atoms with E-state index in [2.05, 4.69) is 15.4 Å². The molecule has 0 atom stereocenters. The van der Waals surface area contributed by atoms with E-state index in [4.69, 9.17) is 5.73 Å². The summed E-state index contributed by atoms with van der Waals surface area (Å²) in [5.74, 6) is -2.34. The lowest BCUT2D eigenvalue weighted by Crippen LogP contribution is -2.65. The van der Waals surface area contributed by atoms with Crippen molar-refractivity contribution in [2.45, 2.75) is 82.5 Å². The van der Waals surface area contributed by atoms with Gasteiger partial charge in [0.15, 0.2) is 5.65 Å². The van der Waals surface area contributed by atoms with Crippen molar-refractivity contribution in [2.75, 3.05) is 0 Å². The highest BCUT2D eigenvalue weighted by Crippen LogP contribution is 2.71. The average Bonchev–Trinajstić information content (AvgIpc) is 3.07. The van der Waals surface area contributed by atoms with Gasteiger partial charge in [0.05, 0.1) is 18.1 Å². The Balaban J connectivity index is 0.000000230. The summed E-state index contributed by atoms with van der Waals surface area (Å²) in [7, 11) is 0. The Kier molecular flexibility index (Phi) is 5.50. The van der Waals surface area contributed by atoms with Crippen molar-refractivity contribution in [3.8, 4) is 0 Å². The van der Waals surface area contributed by atoms with Crippen LogP contribution in [0.4, 0.5) is 13.2 Å². The van der Waals surface area contributed by atoms with Crippen LogP contribution in [0.15, 0.2) is 18.5 Å². The van der Waals surface area contributed by atoms with E-state index in [1.165, 1.54) is 0 Å². The number of halogens is 3. The van der Waals surface area contributed by atoms with E-state index >= 15 is 0 Å². The van der Waals surface area contributed by atoms with Crippen LogP contribution in [0.2, 0.25) is 0 Å². The molecule has 3 N–H and O–H groups in total. The second-order valence-electron chi connectivity index (χ2n) is 9.15. The van der Waals surface area contributed by atoms with Gasteiger partial charge in [0.2, 0.25) is 11.8 Å². The second-order valence-corrected chi connectivity index (χ2v) is 9.15. The zero-order chi connectivity index (χ0) is 21.4. The van der Waals surface area contributed by atoms with E-state index < -0.39 is 11.6 Å². The molecule has 2 heterocycles. The molecule has 0 unspecified atom stereocenters. The molecule has 164 valence electrons. The molecule has 2 bridgehead atoms. The summed E-state index contributed by atoms with van der Waals surface area (Å²) in [5.41, 5.74) is 6.92. The summed E-state index contributed by atoms with van der Waals surface area (Å²) in [6, 6.07) is 1.88. The van der Waals surface area contributed by atoms with Gasteiger partial charge in [0.25, 0.3) is 0 Å². The molecule has 30 heavy (non-hydrogen) atoms. The van der Waals surface area contributed by atoms with Crippen LogP contribution in [0.3, 0.4) is 0 Å². The molecule has 6 rings (SSSR count). The Bertz CT molecular complexity index is 901. The first-order valence-corrected chi connectivity index (χ1v) is 10.6. The summed E-state index contributed by atoms with van der Waals surface area (Å²) in [6.45, 7) is 0.775. The van der Waals surface area contributed by atoms with Gasteiger partial charge in [-0.1, -0.05) is 6.42 Å². The van der Waals surface area contributed by atoms with Crippen LogP contribution in [0.1, 0.15) is 69.0 Å². The van der Waals surface area contributed by atoms with E-state index in [1.54, 1.807) is 16.9 Å². The number of carbonyl (C=O) groups excluding carboxylic acids is 1. The molecule has 9 heteroatoms. The maximum atomic E-state index is 13.4. The highest BCUT2D eigenvalue weighted by molar-refractivity contribution is 5.77. The zero-order valence-electron chi connectivity index (χ0n) is 17.0. The molecule has 4 saturated carbocycles. The Morgan fingerprint density at radius 3 is 2.43 bits per heavy atom. The zero-order valence-corrected chi connectivity index (χ0v) is 17.0. The van der Waals surface area contributed by atoms with Gasteiger partial charge in [0, 0.05) is 32.4 Å². The number of rotatable bonds is 5. The number of carbonyl (C=O) groups is 1. The summed E-state index contributed by atoms with van der Waals surface area (Å²) >= 11 is 0. The maximum Gasteiger partial charge on any atom is 0.248 e.